The Balaban J connectivity index is 1.39. The van der Waals surface area contributed by atoms with Gasteiger partial charge in [0.05, 0.1) is 41.3 Å². The summed E-state index contributed by atoms with van der Waals surface area (Å²) in [6.45, 7) is 12.0. The summed E-state index contributed by atoms with van der Waals surface area (Å²) < 4.78 is 52.2. The topological polar surface area (TPSA) is 242 Å². The normalized spacial score (nSPS) is 60.6. The van der Waals surface area contributed by atoms with Crippen molar-refractivity contribution in [3.05, 3.63) is 12.0 Å². The quantitative estimate of drug-likeness (QED) is 0.138. The van der Waals surface area contributed by atoms with E-state index in [4.69, 9.17) is 18.9 Å². The molecule has 0 radical (unpaired) electrons. The van der Waals surface area contributed by atoms with Crippen molar-refractivity contribution in [1.29, 1.82) is 0 Å². The van der Waals surface area contributed by atoms with E-state index in [1.165, 1.54) is 13.8 Å². The number of ether oxygens (including phenoxy) is 4. The lowest BCUT2D eigenvalue weighted by Gasteiger charge is -2.67. The molecule has 8 aliphatic rings. The third kappa shape index (κ3) is 3.56. The van der Waals surface area contributed by atoms with Crippen LogP contribution in [0.3, 0.4) is 0 Å². The molecule has 49 heavy (non-hydrogen) atoms. The summed E-state index contributed by atoms with van der Waals surface area (Å²) in [4.78, 5) is 40.6. The number of sulfonamides is 1. The summed E-state index contributed by atoms with van der Waals surface area (Å²) in [6.07, 6.45) is -9.60. The van der Waals surface area contributed by atoms with Crippen LogP contribution in [0.1, 0.15) is 48.0 Å². The highest BCUT2D eigenvalue weighted by molar-refractivity contribution is 7.92. The lowest BCUT2D eigenvalue weighted by atomic mass is 9.39. The second kappa shape index (κ2) is 9.69. The highest BCUT2D eigenvalue weighted by Gasteiger charge is 2.93. The zero-order valence-corrected chi connectivity index (χ0v) is 28.9. The van der Waals surface area contributed by atoms with Crippen LogP contribution in [0.2, 0.25) is 0 Å². The fourth-order valence-electron chi connectivity index (χ4n) is 13.0. The second-order valence-electron chi connectivity index (χ2n) is 16.5. The molecule has 0 aromatic rings. The Morgan fingerprint density at radius 2 is 1.67 bits per heavy atom. The number of ketones is 1. The number of hydrogen-bond donors (Lipinski definition) is 6. The largest absolute Gasteiger partial charge is 0.459 e. The van der Waals surface area contributed by atoms with Crippen molar-refractivity contribution in [1.82, 2.24) is 4.72 Å². The van der Waals surface area contributed by atoms with E-state index in [-0.39, 0.29) is 6.42 Å². The molecule has 1 unspecified atom stereocenters. The maximum Gasteiger partial charge on any atom is 0.341 e. The number of carbonyl (C=O) groups excluding carboxylic acids is 3. The number of fused-ring (bicyclic) bond motifs is 9. The third-order valence-corrected chi connectivity index (χ3v) is 16.2. The monoisotopic (exact) mass is 711 g/mol. The van der Waals surface area contributed by atoms with Crippen molar-refractivity contribution in [2.75, 3.05) is 0 Å². The Labute approximate surface area is 283 Å². The van der Waals surface area contributed by atoms with Gasteiger partial charge in [-0.1, -0.05) is 20.4 Å². The van der Waals surface area contributed by atoms with E-state index in [9.17, 15) is 48.3 Å². The van der Waals surface area contributed by atoms with Gasteiger partial charge in [0, 0.05) is 35.5 Å². The van der Waals surface area contributed by atoms with Crippen molar-refractivity contribution >= 4 is 27.7 Å². The molecule has 5 aliphatic carbocycles. The molecule has 21 atom stereocenters. The minimum Gasteiger partial charge on any atom is -0.459 e. The fourth-order valence-corrected chi connectivity index (χ4v) is 13.8. The van der Waals surface area contributed by atoms with Crippen molar-refractivity contribution in [3.8, 4) is 0 Å². The van der Waals surface area contributed by atoms with Crippen molar-refractivity contribution in [3.63, 3.8) is 0 Å². The summed E-state index contributed by atoms with van der Waals surface area (Å²) in [5, 5.41) is 62.6. The first-order valence-electron chi connectivity index (χ1n) is 17.0. The standard InChI is InChI=1S/C33H45NO14S/c1-8-49(43,44)34-20-13-9-14-23(46-14)25(39)29(13,5)18-15(21(20)37)17-22(38)19-16(32(17,11(3)35)26(40)24(18)45-12(4)36)10(2)27-33(47-27)30(19,6)31(7,42)28(41)48-33/h8,10,13-27,34,37-40,42H,1,9H2,2-7H3/t10-,13?,14-,15-,16-,17+,18+,19-,20-,21+,22+,23-,24-,25-,26-,27+,29-,30-,31+,32+,33-/m0/s1. The minimum atomic E-state index is -4.21. The van der Waals surface area contributed by atoms with E-state index in [1.54, 1.807) is 20.8 Å². The average molecular weight is 712 g/mol. The number of carbonyl (C=O) groups is 3. The number of nitrogens with one attached hydrogen (secondary N) is 1. The summed E-state index contributed by atoms with van der Waals surface area (Å²) >= 11 is 0. The summed E-state index contributed by atoms with van der Waals surface area (Å²) in [5.74, 6) is -11.5. The number of aliphatic hydroxyl groups is 5. The first-order valence-corrected chi connectivity index (χ1v) is 18.5. The van der Waals surface area contributed by atoms with Crippen LogP contribution in [0.25, 0.3) is 0 Å². The molecular weight excluding hydrogens is 666 g/mol. The Morgan fingerprint density at radius 1 is 1.02 bits per heavy atom. The molecule has 3 aliphatic heterocycles. The summed E-state index contributed by atoms with van der Waals surface area (Å²) in [5.41, 5.74) is -7.27. The number of hydrogen-bond acceptors (Lipinski definition) is 14. The minimum absolute atomic E-state index is 0.209. The molecule has 6 N–H and O–H groups in total. The van der Waals surface area contributed by atoms with E-state index in [0.717, 1.165) is 6.92 Å². The van der Waals surface area contributed by atoms with Gasteiger partial charge >= 0.3 is 11.9 Å². The molecular formula is C33H45NO14S. The number of rotatable bonds is 5. The number of Topliss-reactive ketones (excluding diaryl/α,β-unsaturated/α-hetero) is 1. The van der Waals surface area contributed by atoms with Gasteiger partial charge in [-0.15, -0.1) is 0 Å². The molecule has 272 valence electrons. The van der Waals surface area contributed by atoms with Crippen molar-refractivity contribution in [2.45, 2.75) is 114 Å². The third-order valence-electron chi connectivity index (χ3n) is 15.1. The van der Waals surface area contributed by atoms with Gasteiger partial charge in [-0.3, -0.25) is 9.59 Å². The molecule has 3 saturated heterocycles. The summed E-state index contributed by atoms with van der Waals surface area (Å²) in [7, 11) is -4.21. The predicted molar refractivity (Wildman–Crippen MR) is 163 cm³/mol. The Kier molecular flexibility index (Phi) is 6.74. The van der Waals surface area contributed by atoms with Gasteiger partial charge < -0.3 is 44.5 Å². The molecule has 16 heteroatoms. The van der Waals surface area contributed by atoms with Crippen LogP contribution >= 0.6 is 0 Å². The lowest BCUT2D eigenvalue weighted by molar-refractivity contribution is -0.278. The SMILES string of the molecule is C=CS(=O)(=O)N[C@H]1C2C[C@@H]3O[C@@H]3[C@H](O)[C@]2(C)[C@H]2[C@H](OC(C)=O)[C@H](O)[C@@]3(C(C)=O)[C@@H]([C@@H](O)[C@@H]4[C@@H]3[C@H](C)[C@H]3O[C@]35OC(=O)[C@@](C)(O)[C@]45C)[C@@H]2[C@H]1O. The van der Waals surface area contributed by atoms with Gasteiger partial charge in [0.15, 0.2) is 5.60 Å². The summed E-state index contributed by atoms with van der Waals surface area (Å²) in [6, 6.07) is -1.29. The highest BCUT2D eigenvalue weighted by Crippen LogP contribution is 2.80. The molecule has 3 heterocycles. The number of aliphatic hydroxyl groups excluding tert-OH is 4. The van der Waals surface area contributed by atoms with Crippen LogP contribution in [0.5, 0.6) is 0 Å². The molecule has 0 aromatic carbocycles. The van der Waals surface area contributed by atoms with E-state index < -0.39 is 152 Å². The fraction of sp³-hybridized carbons (Fsp3) is 0.848. The van der Waals surface area contributed by atoms with Crippen LogP contribution in [0.15, 0.2) is 12.0 Å². The van der Waals surface area contributed by atoms with Gasteiger partial charge in [-0.25, -0.2) is 17.9 Å². The second-order valence-corrected chi connectivity index (χ2v) is 18.2. The van der Waals surface area contributed by atoms with Gasteiger partial charge in [-0.2, -0.15) is 0 Å². The number of esters is 2. The van der Waals surface area contributed by atoms with Crippen molar-refractivity contribution in [2.24, 2.45) is 57.7 Å². The van der Waals surface area contributed by atoms with Crippen LogP contribution in [-0.4, -0.2) is 118 Å². The molecule has 0 aromatic heterocycles. The van der Waals surface area contributed by atoms with E-state index in [0.29, 0.717) is 5.41 Å². The first-order chi connectivity index (χ1) is 22.6. The predicted octanol–water partition coefficient (Wildman–Crippen LogP) is -1.66. The number of epoxide rings is 2. The van der Waals surface area contributed by atoms with Gasteiger partial charge in [-0.05, 0) is 50.9 Å². The van der Waals surface area contributed by atoms with Gasteiger partial charge in [0.1, 0.15) is 30.2 Å². The maximum atomic E-state index is 14.5. The average Bonchev–Trinajstić information content (AvgIpc) is 3.92. The smallest absolute Gasteiger partial charge is 0.341 e. The van der Waals surface area contributed by atoms with E-state index in [2.05, 4.69) is 11.3 Å². The molecule has 0 amide bonds. The Hall–Kier alpha value is -2.02. The van der Waals surface area contributed by atoms with Gasteiger partial charge in [0.25, 0.3) is 0 Å². The molecule has 8 fully saturated rings. The lowest BCUT2D eigenvalue weighted by Crippen LogP contribution is -2.77. The molecule has 8 rings (SSSR count). The molecule has 5 saturated carbocycles. The van der Waals surface area contributed by atoms with Crippen LogP contribution < -0.4 is 4.72 Å². The first kappa shape index (κ1) is 34.1. The van der Waals surface area contributed by atoms with Crippen LogP contribution in [-0.2, 0) is 43.4 Å². The zero-order chi connectivity index (χ0) is 35.9. The van der Waals surface area contributed by atoms with Crippen LogP contribution in [0, 0.1) is 57.7 Å². The van der Waals surface area contributed by atoms with E-state index in [1.807, 2.05) is 0 Å². The molecule has 0 bridgehead atoms. The maximum absolute atomic E-state index is 14.5. The Bertz CT molecular complexity index is 1670. The highest BCUT2D eigenvalue weighted by atomic mass is 32.2. The van der Waals surface area contributed by atoms with Gasteiger partial charge in [0.2, 0.25) is 15.8 Å². The van der Waals surface area contributed by atoms with E-state index >= 15 is 0 Å². The van der Waals surface area contributed by atoms with Crippen molar-refractivity contribution < 1.29 is 67.3 Å². The zero-order valence-electron chi connectivity index (χ0n) is 28.0. The Morgan fingerprint density at radius 3 is 2.27 bits per heavy atom. The van der Waals surface area contributed by atoms with Crippen LogP contribution in [0.4, 0.5) is 0 Å². The molecule has 15 nitrogen and oxygen atoms in total. The molecule has 1 spiro atoms.